The molecule has 1 heterocycles. The molecule has 0 radical (unpaired) electrons. The van der Waals surface area contributed by atoms with Crippen LogP contribution < -0.4 is 10.2 Å². The lowest BCUT2D eigenvalue weighted by Gasteiger charge is -2.28. The molecule has 1 aromatic carbocycles. The third-order valence-electron chi connectivity index (χ3n) is 4.86. The Morgan fingerprint density at radius 1 is 1.25 bits per heavy atom. The highest BCUT2D eigenvalue weighted by Gasteiger charge is 2.41. The summed E-state index contributed by atoms with van der Waals surface area (Å²) in [5, 5.41) is 11.9. The number of carboxylic acid groups (broad SMARTS) is 1. The van der Waals surface area contributed by atoms with E-state index in [1.807, 2.05) is 32.0 Å². The molecule has 0 aliphatic carbocycles. The number of amides is 3. The number of nitrogens with one attached hydrogen (secondary N) is 1. The number of benzene rings is 1. The fourth-order valence-electron chi connectivity index (χ4n) is 3.45. The largest absolute Gasteiger partial charge is 0.480 e. The lowest BCUT2D eigenvalue weighted by molar-refractivity contribution is -0.152. The number of carbonyl (C=O) groups excluding carboxylic acids is 3. The van der Waals surface area contributed by atoms with Crippen LogP contribution in [0.1, 0.15) is 31.4 Å². The van der Waals surface area contributed by atoms with Gasteiger partial charge in [0.2, 0.25) is 17.7 Å². The Labute approximate surface area is 164 Å². The van der Waals surface area contributed by atoms with E-state index in [0.29, 0.717) is 13.0 Å². The maximum Gasteiger partial charge on any atom is 0.326 e. The predicted molar refractivity (Wildman–Crippen MR) is 104 cm³/mol. The molecule has 8 heteroatoms. The van der Waals surface area contributed by atoms with E-state index in [1.165, 1.54) is 13.8 Å². The van der Waals surface area contributed by atoms with Crippen molar-refractivity contribution in [3.05, 3.63) is 29.3 Å². The second-order valence-corrected chi connectivity index (χ2v) is 7.21. The molecule has 2 rings (SSSR count). The number of carboxylic acids is 1. The fraction of sp³-hybridized carbons (Fsp3) is 0.500. The first-order chi connectivity index (χ1) is 13.1. The van der Waals surface area contributed by atoms with Crippen LogP contribution in [0.25, 0.3) is 0 Å². The van der Waals surface area contributed by atoms with Gasteiger partial charge in [-0.15, -0.1) is 0 Å². The van der Waals surface area contributed by atoms with Crippen molar-refractivity contribution in [3.8, 4) is 0 Å². The molecule has 8 nitrogen and oxygen atoms in total. The zero-order valence-electron chi connectivity index (χ0n) is 16.7. The predicted octanol–water partition coefficient (Wildman–Crippen LogP) is 1.09. The summed E-state index contributed by atoms with van der Waals surface area (Å²) in [7, 11) is 0. The van der Waals surface area contributed by atoms with Crippen molar-refractivity contribution in [2.45, 2.75) is 40.2 Å². The second kappa shape index (κ2) is 8.86. The summed E-state index contributed by atoms with van der Waals surface area (Å²) < 4.78 is 0. The molecule has 1 aromatic rings. The average molecular weight is 389 g/mol. The number of rotatable bonds is 7. The SMILES string of the molecule is CC(=O)NCCN(C(=O)C1CCN(c2cc(C)cc(C)c2)C1=O)C(C)C(=O)O. The Morgan fingerprint density at radius 3 is 2.39 bits per heavy atom. The van der Waals surface area contributed by atoms with Gasteiger partial charge < -0.3 is 20.2 Å². The van der Waals surface area contributed by atoms with Crippen LogP contribution in [-0.2, 0) is 19.2 Å². The van der Waals surface area contributed by atoms with Gasteiger partial charge >= 0.3 is 5.97 Å². The number of aliphatic carboxylic acids is 1. The van der Waals surface area contributed by atoms with Crippen LogP contribution in [0, 0.1) is 19.8 Å². The van der Waals surface area contributed by atoms with Crippen LogP contribution in [0.5, 0.6) is 0 Å². The molecule has 0 saturated carbocycles. The third-order valence-corrected chi connectivity index (χ3v) is 4.86. The van der Waals surface area contributed by atoms with Gasteiger partial charge in [-0.05, 0) is 50.5 Å². The molecule has 2 unspecified atom stereocenters. The van der Waals surface area contributed by atoms with Crippen LogP contribution in [0.3, 0.4) is 0 Å². The van der Waals surface area contributed by atoms with Gasteiger partial charge in [-0.1, -0.05) is 6.07 Å². The molecule has 1 saturated heterocycles. The number of hydrogen-bond acceptors (Lipinski definition) is 4. The van der Waals surface area contributed by atoms with Crippen molar-refractivity contribution in [1.82, 2.24) is 10.2 Å². The normalized spacial score (nSPS) is 17.4. The quantitative estimate of drug-likeness (QED) is 0.679. The van der Waals surface area contributed by atoms with E-state index in [0.717, 1.165) is 21.7 Å². The highest BCUT2D eigenvalue weighted by atomic mass is 16.4. The Kier molecular flexibility index (Phi) is 6.77. The lowest BCUT2D eigenvalue weighted by atomic mass is 10.1. The maximum atomic E-state index is 13.0. The first-order valence-corrected chi connectivity index (χ1v) is 9.29. The van der Waals surface area contributed by atoms with E-state index < -0.39 is 23.8 Å². The molecule has 2 N–H and O–H groups in total. The molecule has 0 aromatic heterocycles. The van der Waals surface area contributed by atoms with E-state index in [2.05, 4.69) is 5.32 Å². The molecular formula is C20H27N3O5. The van der Waals surface area contributed by atoms with Gasteiger partial charge in [0.15, 0.2) is 0 Å². The van der Waals surface area contributed by atoms with Gasteiger partial charge in [0.05, 0.1) is 0 Å². The summed E-state index contributed by atoms with van der Waals surface area (Å²) in [6.45, 7) is 7.18. The van der Waals surface area contributed by atoms with Crippen LogP contribution >= 0.6 is 0 Å². The van der Waals surface area contributed by atoms with Crippen LogP contribution in [0.15, 0.2) is 18.2 Å². The number of aryl methyl sites for hydroxylation is 2. The van der Waals surface area contributed by atoms with Gasteiger partial charge in [0, 0.05) is 32.2 Å². The van der Waals surface area contributed by atoms with Crippen molar-refractivity contribution in [2.24, 2.45) is 5.92 Å². The minimum absolute atomic E-state index is 0.0270. The first kappa shape index (κ1) is 21.4. The maximum absolute atomic E-state index is 13.0. The Bertz CT molecular complexity index is 772. The van der Waals surface area contributed by atoms with E-state index >= 15 is 0 Å². The van der Waals surface area contributed by atoms with Crippen LogP contribution in [-0.4, -0.2) is 59.4 Å². The summed E-state index contributed by atoms with van der Waals surface area (Å²) in [5.74, 6) is -3.18. The summed E-state index contributed by atoms with van der Waals surface area (Å²) in [6, 6.07) is 4.70. The van der Waals surface area contributed by atoms with E-state index in [1.54, 1.807) is 4.90 Å². The van der Waals surface area contributed by atoms with Gasteiger partial charge in [-0.25, -0.2) is 4.79 Å². The van der Waals surface area contributed by atoms with Gasteiger partial charge in [0.1, 0.15) is 12.0 Å². The summed E-state index contributed by atoms with van der Waals surface area (Å²) in [5.41, 5.74) is 2.79. The Hall–Kier alpha value is -2.90. The second-order valence-electron chi connectivity index (χ2n) is 7.21. The van der Waals surface area contributed by atoms with Crippen molar-refractivity contribution in [1.29, 1.82) is 0 Å². The molecule has 0 spiro atoms. The standard InChI is InChI=1S/C20H27N3O5/c1-12-9-13(2)11-16(10-12)23-7-5-17(19(23)26)18(25)22(14(3)20(27)28)8-6-21-15(4)24/h9-11,14,17H,5-8H2,1-4H3,(H,21,24)(H,27,28). The number of carbonyl (C=O) groups is 4. The highest BCUT2D eigenvalue weighted by Crippen LogP contribution is 2.28. The molecular weight excluding hydrogens is 362 g/mol. The van der Waals surface area contributed by atoms with Gasteiger partial charge in [-0.3, -0.25) is 14.4 Å². The van der Waals surface area contributed by atoms with E-state index in [9.17, 15) is 24.3 Å². The molecule has 28 heavy (non-hydrogen) atoms. The van der Waals surface area contributed by atoms with Crippen LogP contribution in [0.2, 0.25) is 0 Å². The van der Waals surface area contributed by atoms with Gasteiger partial charge in [-0.2, -0.15) is 0 Å². The van der Waals surface area contributed by atoms with E-state index in [-0.39, 0.29) is 24.9 Å². The average Bonchev–Trinajstić information content (AvgIpc) is 2.98. The minimum Gasteiger partial charge on any atom is -0.480 e. The molecule has 1 fully saturated rings. The molecule has 1 aliphatic rings. The molecule has 152 valence electrons. The smallest absolute Gasteiger partial charge is 0.326 e. The topological polar surface area (TPSA) is 107 Å². The first-order valence-electron chi connectivity index (χ1n) is 9.29. The molecule has 1 aliphatic heterocycles. The fourth-order valence-corrected chi connectivity index (χ4v) is 3.45. The van der Waals surface area contributed by atoms with Crippen molar-refractivity contribution in [3.63, 3.8) is 0 Å². The summed E-state index contributed by atoms with van der Waals surface area (Å²) >= 11 is 0. The van der Waals surface area contributed by atoms with E-state index in [4.69, 9.17) is 0 Å². The number of nitrogens with zero attached hydrogens (tertiary/aromatic N) is 2. The zero-order chi connectivity index (χ0) is 21.0. The summed E-state index contributed by atoms with van der Waals surface area (Å²) in [6.07, 6.45) is 0.327. The lowest BCUT2D eigenvalue weighted by Crippen LogP contribution is -2.50. The molecule has 3 amide bonds. The Balaban J connectivity index is 2.18. The zero-order valence-corrected chi connectivity index (χ0v) is 16.7. The third kappa shape index (κ3) is 4.88. The van der Waals surface area contributed by atoms with Crippen LogP contribution in [0.4, 0.5) is 5.69 Å². The Morgan fingerprint density at radius 2 is 1.86 bits per heavy atom. The van der Waals surface area contributed by atoms with Crippen molar-refractivity contribution < 1.29 is 24.3 Å². The monoisotopic (exact) mass is 389 g/mol. The van der Waals surface area contributed by atoms with Gasteiger partial charge in [0.25, 0.3) is 0 Å². The number of anilines is 1. The number of hydrogen-bond donors (Lipinski definition) is 2. The molecule has 0 bridgehead atoms. The highest BCUT2D eigenvalue weighted by molar-refractivity contribution is 6.10. The minimum atomic E-state index is -1.16. The molecule has 2 atom stereocenters. The van der Waals surface area contributed by atoms with Crippen molar-refractivity contribution in [2.75, 3.05) is 24.5 Å². The van der Waals surface area contributed by atoms with Crippen molar-refractivity contribution >= 4 is 29.4 Å². The summed E-state index contributed by atoms with van der Waals surface area (Å²) in [4.78, 5) is 51.1.